The second-order valence-corrected chi connectivity index (χ2v) is 5.07. The van der Waals surface area contributed by atoms with E-state index in [4.69, 9.17) is 4.74 Å². The number of hydrogen-bond donors (Lipinski definition) is 1. The molecule has 0 radical (unpaired) electrons. The van der Waals surface area contributed by atoms with Crippen LogP contribution in [0.15, 0.2) is 18.2 Å². The number of rotatable bonds is 2. The summed E-state index contributed by atoms with van der Waals surface area (Å²) in [5.41, 5.74) is 2.74. The summed E-state index contributed by atoms with van der Waals surface area (Å²) in [7, 11) is 0. The smallest absolute Gasteiger partial charge is 0.127 e. The van der Waals surface area contributed by atoms with E-state index in [-0.39, 0.29) is 0 Å². The quantitative estimate of drug-likeness (QED) is 0.838. The van der Waals surface area contributed by atoms with Crippen molar-refractivity contribution in [1.82, 2.24) is 10.2 Å². The van der Waals surface area contributed by atoms with Gasteiger partial charge in [-0.25, -0.2) is 0 Å². The second kappa shape index (κ2) is 4.67. The Bertz CT molecular complexity index is 399. The summed E-state index contributed by atoms with van der Waals surface area (Å²) in [6.45, 7) is 8.59. The van der Waals surface area contributed by atoms with Crippen LogP contribution in [0.25, 0.3) is 0 Å². The van der Waals surface area contributed by atoms with Gasteiger partial charge in [0.25, 0.3) is 0 Å². The first-order valence-corrected chi connectivity index (χ1v) is 6.52. The van der Waals surface area contributed by atoms with E-state index in [0.29, 0.717) is 5.92 Å². The maximum atomic E-state index is 5.84. The lowest BCUT2D eigenvalue weighted by molar-refractivity contribution is 0.229. The van der Waals surface area contributed by atoms with Crippen molar-refractivity contribution in [3.05, 3.63) is 29.3 Å². The van der Waals surface area contributed by atoms with E-state index < -0.39 is 0 Å². The molecule has 1 fully saturated rings. The van der Waals surface area contributed by atoms with Crippen LogP contribution in [0.3, 0.4) is 0 Å². The molecule has 1 unspecified atom stereocenters. The number of para-hydroxylation sites is 1. The van der Waals surface area contributed by atoms with Crippen molar-refractivity contribution in [2.75, 3.05) is 32.8 Å². The molecule has 2 heterocycles. The summed E-state index contributed by atoms with van der Waals surface area (Å²) < 4.78 is 5.84. The number of benzene rings is 1. The van der Waals surface area contributed by atoms with Gasteiger partial charge in [0, 0.05) is 49.8 Å². The van der Waals surface area contributed by atoms with Crippen LogP contribution in [0.4, 0.5) is 0 Å². The molecule has 0 spiro atoms. The maximum absolute atomic E-state index is 5.84. The summed E-state index contributed by atoms with van der Waals surface area (Å²) >= 11 is 0. The molecule has 17 heavy (non-hydrogen) atoms. The molecule has 1 aromatic rings. The number of ether oxygens (including phenoxy) is 1. The largest absolute Gasteiger partial charge is 0.492 e. The molecule has 3 heteroatoms. The van der Waals surface area contributed by atoms with E-state index in [1.807, 2.05) is 0 Å². The molecule has 0 amide bonds. The molecule has 2 aliphatic heterocycles. The molecule has 1 N–H and O–H groups in total. The van der Waals surface area contributed by atoms with E-state index in [2.05, 4.69) is 35.3 Å². The molecule has 1 saturated heterocycles. The Morgan fingerprint density at radius 1 is 1.35 bits per heavy atom. The van der Waals surface area contributed by atoms with E-state index >= 15 is 0 Å². The second-order valence-electron chi connectivity index (χ2n) is 5.07. The highest BCUT2D eigenvalue weighted by molar-refractivity contribution is 5.46. The highest BCUT2D eigenvalue weighted by Gasteiger charge is 2.23. The van der Waals surface area contributed by atoms with Crippen molar-refractivity contribution in [2.45, 2.75) is 19.4 Å². The zero-order valence-electron chi connectivity index (χ0n) is 10.4. The van der Waals surface area contributed by atoms with E-state index in [1.165, 1.54) is 11.1 Å². The highest BCUT2D eigenvalue weighted by atomic mass is 16.5. The average molecular weight is 232 g/mol. The third-order valence-corrected chi connectivity index (χ3v) is 3.74. The minimum absolute atomic E-state index is 0.549. The predicted molar refractivity (Wildman–Crippen MR) is 68.5 cm³/mol. The van der Waals surface area contributed by atoms with Crippen LogP contribution in [0.2, 0.25) is 0 Å². The Hall–Kier alpha value is -1.06. The summed E-state index contributed by atoms with van der Waals surface area (Å²) in [6.07, 6.45) is 0. The Kier molecular flexibility index (Phi) is 3.04. The Balaban J connectivity index is 1.79. The molecule has 1 aromatic carbocycles. The van der Waals surface area contributed by atoms with Gasteiger partial charge in [-0.2, -0.15) is 0 Å². The number of fused-ring (bicyclic) bond motifs is 1. The van der Waals surface area contributed by atoms with Gasteiger partial charge in [0.05, 0.1) is 6.61 Å². The van der Waals surface area contributed by atoms with Gasteiger partial charge in [-0.15, -0.1) is 0 Å². The lowest BCUT2D eigenvalue weighted by Gasteiger charge is -2.27. The minimum atomic E-state index is 0.549. The highest BCUT2D eigenvalue weighted by Crippen LogP contribution is 2.36. The van der Waals surface area contributed by atoms with Crippen molar-refractivity contribution >= 4 is 0 Å². The van der Waals surface area contributed by atoms with Crippen LogP contribution in [0.5, 0.6) is 5.75 Å². The number of nitrogens with one attached hydrogen (secondary N) is 1. The molecule has 1 atom stereocenters. The molecular weight excluding hydrogens is 212 g/mol. The van der Waals surface area contributed by atoms with Crippen molar-refractivity contribution in [3.63, 3.8) is 0 Å². The summed E-state index contributed by atoms with van der Waals surface area (Å²) in [6, 6.07) is 6.58. The standard InChI is InChI=1S/C14H20N2O/c1-11-10-17-14-12(3-2-4-13(11)14)9-16-7-5-15-6-8-16/h2-4,11,15H,5-10H2,1H3. The molecule has 92 valence electrons. The van der Waals surface area contributed by atoms with Crippen molar-refractivity contribution in [2.24, 2.45) is 0 Å². The normalized spacial score (nSPS) is 24.4. The van der Waals surface area contributed by atoms with E-state index in [9.17, 15) is 0 Å². The number of nitrogens with zero attached hydrogens (tertiary/aromatic N) is 1. The molecule has 2 aliphatic rings. The van der Waals surface area contributed by atoms with Crippen LogP contribution in [-0.2, 0) is 6.54 Å². The van der Waals surface area contributed by atoms with Gasteiger partial charge in [-0.3, -0.25) is 4.90 Å². The average Bonchev–Trinajstić information content (AvgIpc) is 2.74. The summed E-state index contributed by atoms with van der Waals surface area (Å²) in [5.74, 6) is 1.70. The van der Waals surface area contributed by atoms with Crippen molar-refractivity contribution in [3.8, 4) is 5.75 Å². The molecule has 3 nitrogen and oxygen atoms in total. The predicted octanol–water partition coefficient (Wildman–Crippen LogP) is 1.59. The fraction of sp³-hybridized carbons (Fsp3) is 0.571. The maximum Gasteiger partial charge on any atom is 0.127 e. The lowest BCUT2D eigenvalue weighted by atomic mass is 10.0. The third kappa shape index (κ3) is 2.17. The molecule has 3 rings (SSSR count). The first-order valence-electron chi connectivity index (χ1n) is 6.52. The van der Waals surface area contributed by atoms with Crippen molar-refractivity contribution in [1.29, 1.82) is 0 Å². The molecule has 0 saturated carbocycles. The van der Waals surface area contributed by atoms with Gasteiger partial charge in [0.15, 0.2) is 0 Å². The van der Waals surface area contributed by atoms with Crippen molar-refractivity contribution < 1.29 is 4.74 Å². The molecule has 0 aliphatic carbocycles. The van der Waals surface area contributed by atoms with Gasteiger partial charge in [-0.05, 0) is 0 Å². The van der Waals surface area contributed by atoms with Gasteiger partial charge in [0.1, 0.15) is 5.75 Å². The fourth-order valence-corrected chi connectivity index (χ4v) is 2.70. The topological polar surface area (TPSA) is 24.5 Å². The third-order valence-electron chi connectivity index (χ3n) is 3.74. The van der Waals surface area contributed by atoms with Crippen LogP contribution in [0.1, 0.15) is 24.0 Å². The lowest BCUT2D eigenvalue weighted by Crippen LogP contribution is -2.42. The zero-order valence-corrected chi connectivity index (χ0v) is 10.4. The molecular formula is C14H20N2O. The van der Waals surface area contributed by atoms with Crippen LogP contribution >= 0.6 is 0 Å². The first kappa shape index (κ1) is 11.1. The SMILES string of the molecule is CC1COc2c(CN3CCNCC3)cccc21. The van der Waals surface area contributed by atoms with E-state index in [0.717, 1.165) is 45.1 Å². The molecule has 0 aromatic heterocycles. The number of hydrogen-bond acceptors (Lipinski definition) is 3. The van der Waals surface area contributed by atoms with E-state index in [1.54, 1.807) is 0 Å². The van der Waals surface area contributed by atoms with Gasteiger partial charge >= 0.3 is 0 Å². The van der Waals surface area contributed by atoms with Gasteiger partial charge in [-0.1, -0.05) is 25.1 Å². The molecule has 0 bridgehead atoms. The van der Waals surface area contributed by atoms with Crippen LogP contribution in [0, 0.1) is 0 Å². The monoisotopic (exact) mass is 232 g/mol. The Morgan fingerprint density at radius 3 is 3.00 bits per heavy atom. The summed E-state index contributed by atoms with van der Waals surface area (Å²) in [5, 5.41) is 3.39. The van der Waals surface area contributed by atoms with Gasteiger partial charge < -0.3 is 10.1 Å². The Morgan fingerprint density at radius 2 is 2.18 bits per heavy atom. The van der Waals surface area contributed by atoms with Crippen LogP contribution in [-0.4, -0.2) is 37.7 Å². The Labute approximate surface area is 103 Å². The zero-order chi connectivity index (χ0) is 11.7. The fourth-order valence-electron chi connectivity index (χ4n) is 2.70. The number of piperazine rings is 1. The first-order chi connectivity index (χ1) is 8.34. The van der Waals surface area contributed by atoms with Gasteiger partial charge in [0.2, 0.25) is 0 Å². The van der Waals surface area contributed by atoms with Crippen LogP contribution < -0.4 is 10.1 Å². The summed E-state index contributed by atoms with van der Waals surface area (Å²) in [4.78, 5) is 2.50. The minimum Gasteiger partial charge on any atom is -0.492 e.